The summed E-state index contributed by atoms with van der Waals surface area (Å²) >= 11 is 1.65. The van der Waals surface area contributed by atoms with Crippen LogP contribution in [0.3, 0.4) is 0 Å². The van der Waals surface area contributed by atoms with Gasteiger partial charge in [0.2, 0.25) is 0 Å². The van der Waals surface area contributed by atoms with Crippen LogP contribution in [0.15, 0.2) is 0 Å². The van der Waals surface area contributed by atoms with Gasteiger partial charge in [-0.25, -0.2) is 0 Å². The van der Waals surface area contributed by atoms with E-state index in [-0.39, 0.29) is 8.89 Å². The SMILES string of the molecule is COSC(=O)SSCCSSC(=O)SOC. The topological polar surface area (TPSA) is 52.6 Å². The molecule has 0 aromatic rings. The van der Waals surface area contributed by atoms with Gasteiger partial charge in [0.1, 0.15) is 0 Å². The highest BCUT2D eigenvalue weighted by atomic mass is 33.1. The average molecular weight is 339 g/mol. The molecule has 10 heteroatoms. The third-order valence-electron chi connectivity index (χ3n) is 0.807. The van der Waals surface area contributed by atoms with Crippen molar-refractivity contribution in [2.45, 2.75) is 0 Å². The number of rotatable bonds is 7. The molecule has 0 rings (SSSR count). The second-order valence-corrected chi connectivity index (χ2v) is 8.85. The monoisotopic (exact) mass is 338 g/mol. The first kappa shape index (κ1) is 17.4. The summed E-state index contributed by atoms with van der Waals surface area (Å²) in [6, 6.07) is 0. The Balaban J connectivity index is 3.21. The van der Waals surface area contributed by atoms with Crippen LogP contribution in [0, 0.1) is 0 Å². The molecule has 0 fully saturated rings. The second-order valence-electron chi connectivity index (χ2n) is 1.81. The van der Waals surface area contributed by atoms with Crippen LogP contribution in [0.2, 0.25) is 0 Å². The van der Waals surface area contributed by atoms with Gasteiger partial charge in [-0.05, 0) is 21.6 Å². The Morgan fingerprint density at radius 3 is 1.56 bits per heavy atom. The molecule has 0 aromatic carbocycles. The summed E-state index contributed by atoms with van der Waals surface area (Å²) in [4.78, 5) is 21.9. The fourth-order valence-electron chi connectivity index (χ4n) is 0.411. The van der Waals surface area contributed by atoms with Crippen molar-refractivity contribution < 1.29 is 18.0 Å². The molecule has 0 N–H and O–H groups in total. The molecule has 0 spiro atoms. The van der Waals surface area contributed by atoms with Gasteiger partial charge in [0.05, 0.1) is 38.3 Å². The molecule has 0 aliphatic rings. The summed E-state index contributed by atoms with van der Waals surface area (Å²) < 4.78 is 9.06. The van der Waals surface area contributed by atoms with E-state index in [1.54, 1.807) is 0 Å². The third kappa shape index (κ3) is 11.8. The summed E-state index contributed by atoms with van der Waals surface area (Å²) in [5.41, 5.74) is 0. The van der Waals surface area contributed by atoms with Crippen molar-refractivity contribution in [3.63, 3.8) is 0 Å². The predicted octanol–water partition coefficient (Wildman–Crippen LogP) is 4.58. The van der Waals surface area contributed by atoms with Crippen molar-refractivity contribution in [1.29, 1.82) is 0 Å². The van der Waals surface area contributed by atoms with Gasteiger partial charge in [-0.1, -0.05) is 21.6 Å². The van der Waals surface area contributed by atoms with Crippen LogP contribution in [0.4, 0.5) is 9.59 Å². The lowest BCUT2D eigenvalue weighted by Gasteiger charge is -1.98. The van der Waals surface area contributed by atoms with E-state index in [0.29, 0.717) is 0 Å². The summed E-state index contributed by atoms with van der Waals surface area (Å²) in [6.45, 7) is 0. The minimum atomic E-state index is -0.0730. The molecule has 0 saturated heterocycles. The van der Waals surface area contributed by atoms with Gasteiger partial charge in [0.25, 0.3) is 8.89 Å². The minimum Gasteiger partial charge on any atom is -0.311 e. The summed E-state index contributed by atoms with van der Waals surface area (Å²) in [5.74, 6) is 1.59. The van der Waals surface area contributed by atoms with Crippen LogP contribution in [-0.4, -0.2) is 34.6 Å². The molecule has 0 atom stereocenters. The van der Waals surface area contributed by atoms with Gasteiger partial charge in [-0.15, -0.1) is 0 Å². The lowest BCUT2D eigenvalue weighted by Crippen LogP contribution is -1.84. The summed E-state index contributed by atoms with van der Waals surface area (Å²) in [6.07, 6.45) is 0. The maximum Gasteiger partial charge on any atom is 0.283 e. The van der Waals surface area contributed by atoms with Crippen molar-refractivity contribution >= 4 is 76.2 Å². The smallest absolute Gasteiger partial charge is 0.283 e. The van der Waals surface area contributed by atoms with Gasteiger partial charge in [-0.3, -0.25) is 9.59 Å². The third-order valence-corrected chi connectivity index (χ3v) is 7.08. The number of carbonyl (C=O) groups excluding carboxylic acids is 2. The van der Waals surface area contributed by atoms with Gasteiger partial charge in [-0.2, -0.15) is 0 Å². The molecule has 0 amide bonds. The number of carbonyl (C=O) groups is 2. The van der Waals surface area contributed by atoms with Gasteiger partial charge < -0.3 is 8.37 Å². The van der Waals surface area contributed by atoms with Crippen LogP contribution < -0.4 is 0 Å². The molecule has 0 aliphatic carbocycles. The van der Waals surface area contributed by atoms with Crippen LogP contribution in [0.25, 0.3) is 0 Å². The van der Waals surface area contributed by atoms with Crippen LogP contribution in [-0.2, 0) is 8.37 Å². The van der Waals surface area contributed by atoms with Crippen LogP contribution in [0.5, 0.6) is 0 Å². The molecular weight excluding hydrogens is 328 g/mol. The molecule has 4 nitrogen and oxygen atoms in total. The van der Waals surface area contributed by atoms with E-state index < -0.39 is 0 Å². The molecular formula is C6H10O4S6. The standard InChI is InChI=1S/C6H10O4S6/c1-9-13-5(7)15-11-3-4-12-16-6(8)14-10-2/h3-4H2,1-2H3. The van der Waals surface area contributed by atoms with Gasteiger partial charge >= 0.3 is 0 Å². The highest BCUT2D eigenvalue weighted by Crippen LogP contribution is 2.33. The number of hydrogen-bond donors (Lipinski definition) is 0. The molecule has 0 unspecified atom stereocenters. The van der Waals surface area contributed by atoms with Crippen molar-refractivity contribution in [1.82, 2.24) is 0 Å². The Morgan fingerprint density at radius 1 is 0.875 bits per heavy atom. The Hall–Kier alpha value is 1.36. The molecule has 0 saturated carbocycles. The van der Waals surface area contributed by atoms with E-state index in [0.717, 1.165) is 57.2 Å². The highest BCUT2D eigenvalue weighted by molar-refractivity contribution is 8.87. The van der Waals surface area contributed by atoms with Gasteiger partial charge in [0.15, 0.2) is 0 Å². The van der Waals surface area contributed by atoms with E-state index in [1.807, 2.05) is 0 Å². The van der Waals surface area contributed by atoms with Crippen LogP contribution in [0.1, 0.15) is 0 Å². The highest BCUT2D eigenvalue weighted by Gasteiger charge is 2.05. The Morgan fingerprint density at radius 2 is 1.25 bits per heavy atom. The first-order valence-electron chi connectivity index (χ1n) is 3.79. The zero-order chi connectivity index (χ0) is 12.2. The fraction of sp³-hybridized carbons (Fsp3) is 0.667. The van der Waals surface area contributed by atoms with E-state index in [9.17, 15) is 9.59 Å². The Kier molecular flexibility index (Phi) is 13.9. The average Bonchev–Trinajstić information content (AvgIpc) is 2.24. The molecule has 0 radical (unpaired) electrons. The summed E-state index contributed by atoms with van der Waals surface area (Å²) in [7, 11) is 8.11. The molecule has 0 heterocycles. The Bertz CT molecular complexity index is 191. The normalized spacial score (nSPS) is 10.4. The largest absolute Gasteiger partial charge is 0.311 e. The molecule has 94 valence electrons. The molecule has 0 bridgehead atoms. The molecule has 16 heavy (non-hydrogen) atoms. The Labute approximate surface area is 119 Å². The summed E-state index contributed by atoms with van der Waals surface area (Å²) in [5, 5.41) is 0. The fourth-order valence-corrected chi connectivity index (χ4v) is 5.89. The van der Waals surface area contributed by atoms with E-state index >= 15 is 0 Å². The second kappa shape index (κ2) is 12.8. The van der Waals surface area contributed by atoms with Crippen LogP contribution >= 0.6 is 67.3 Å². The molecule has 0 aliphatic heterocycles. The van der Waals surface area contributed by atoms with Gasteiger partial charge in [0, 0.05) is 11.5 Å². The maximum absolute atomic E-state index is 11.0. The maximum atomic E-state index is 11.0. The first-order valence-corrected chi connectivity index (χ1v) is 9.91. The number of hydrogen-bond acceptors (Lipinski definition) is 10. The van der Waals surface area contributed by atoms with Crippen molar-refractivity contribution in [3.8, 4) is 0 Å². The van der Waals surface area contributed by atoms with Crippen molar-refractivity contribution in [2.75, 3.05) is 25.7 Å². The van der Waals surface area contributed by atoms with Crippen molar-refractivity contribution in [3.05, 3.63) is 0 Å². The lowest BCUT2D eigenvalue weighted by atomic mass is 11.0. The zero-order valence-corrected chi connectivity index (χ0v) is 13.4. The minimum absolute atomic E-state index is 0.0730. The van der Waals surface area contributed by atoms with E-state index in [4.69, 9.17) is 0 Å². The molecule has 0 aromatic heterocycles. The quantitative estimate of drug-likeness (QED) is 0.374. The van der Waals surface area contributed by atoms with Crippen molar-refractivity contribution in [2.24, 2.45) is 0 Å². The lowest BCUT2D eigenvalue weighted by molar-refractivity contribution is 0.274. The predicted molar refractivity (Wildman–Crippen MR) is 80.1 cm³/mol. The van der Waals surface area contributed by atoms with E-state index in [1.165, 1.54) is 35.8 Å². The van der Waals surface area contributed by atoms with E-state index in [2.05, 4.69) is 8.37 Å². The zero-order valence-electron chi connectivity index (χ0n) is 8.50. The first-order chi connectivity index (χ1) is 7.70.